The molecule has 1 aliphatic heterocycles. The molecule has 1 aromatic rings. The molecule has 0 aromatic heterocycles. The number of benzene rings is 1. The monoisotopic (exact) mass is 315 g/mol. The van der Waals surface area contributed by atoms with Crippen LogP contribution in [0.4, 0.5) is 0 Å². The minimum atomic E-state index is -0.724. The number of carboxylic acid groups (broad SMARTS) is 1. The Kier molecular flexibility index (Phi) is 5.00. The van der Waals surface area contributed by atoms with E-state index in [1.807, 2.05) is 42.5 Å². The van der Waals surface area contributed by atoms with E-state index in [4.69, 9.17) is 0 Å². The minimum Gasteiger partial charge on any atom is -0.481 e. The number of piperidine rings is 1. The average Bonchev–Trinajstić information content (AvgIpc) is 2.45. The van der Waals surface area contributed by atoms with Gasteiger partial charge in [0, 0.05) is 11.1 Å². The molecule has 1 unspecified atom stereocenters. The Labute approximate surface area is 140 Å². The van der Waals surface area contributed by atoms with Crippen LogP contribution in [-0.2, 0) is 4.79 Å². The Morgan fingerprint density at radius 3 is 2.17 bits per heavy atom. The molecule has 0 bridgehead atoms. The molecule has 0 radical (unpaired) electrons. The summed E-state index contributed by atoms with van der Waals surface area (Å²) in [7, 11) is 2.14. The molecule has 1 saturated heterocycles. The lowest BCUT2D eigenvalue weighted by Crippen LogP contribution is -2.59. The molecule has 1 aromatic carbocycles. The number of likely N-dealkylation sites (tertiary alicyclic amines) is 1. The van der Waals surface area contributed by atoms with Crippen LogP contribution < -0.4 is 0 Å². The first-order chi connectivity index (χ1) is 10.6. The fraction of sp³-hybridized carbons (Fsp3) is 0.550. The summed E-state index contributed by atoms with van der Waals surface area (Å²) in [4.78, 5) is 14.2. The van der Waals surface area contributed by atoms with Crippen molar-refractivity contribution < 1.29 is 9.90 Å². The second-order valence-electron chi connectivity index (χ2n) is 7.99. The van der Waals surface area contributed by atoms with Gasteiger partial charge in [-0.3, -0.25) is 9.69 Å². The van der Waals surface area contributed by atoms with Crippen molar-refractivity contribution in [2.24, 2.45) is 11.8 Å². The van der Waals surface area contributed by atoms with Gasteiger partial charge in [-0.05, 0) is 59.1 Å². The molecular weight excluding hydrogens is 286 g/mol. The van der Waals surface area contributed by atoms with Crippen molar-refractivity contribution in [3.8, 4) is 0 Å². The van der Waals surface area contributed by atoms with E-state index in [1.165, 1.54) is 0 Å². The van der Waals surface area contributed by atoms with Gasteiger partial charge in [-0.2, -0.15) is 0 Å². The number of aliphatic carboxylic acids is 1. The van der Waals surface area contributed by atoms with E-state index in [0.29, 0.717) is 0 Å². The maximum atomic E-state index is 11.9. The number of nitrogens with zero attached hydrogens (tertiary/aromatic N) is 1. The normalized spacial score (nSPS) is 23.0. The molecule has 1 N–H and O–H groups in total. The summed E-state index contributed by atoms with van der Waals surface area (Å²) in [6.07, 6.45) is 5.60. The van der Waals surface area contributed by atoms with Crippen LogP contribution in [-0.4, -0.2) is 34.1 Å². The fourth-order valence-electron chi connectivity index (χ4n) is 3.92. The molecule has 1 atom stereocenters. The van der Waals surface area contributed by atoms with E-state index in [1.54, 1.807) is 0 Å². The quantitative estimate of drug-likeness (QED) is 0.900. The molecule has 1 heterocycles. The van der Waals surface area contributed by atoms with Gasteiger partial charge in [0.1, 0.15) is 0 Å². The minimum absolute atomic E-state index is 0.000698. The Balaban J connectivity index is 2.24. The highest BCUT2D eigenvalue weighted by Gasteiger charge is 2.46. The van der Waals surface area contributed by atoms with Crippen molar-refractivity contribution in [1.29, 1.82) is 0 Å². The molecule has 1 fully saturated rings. The SMILES string of the molecule is CN1C(C)(C)CC(C(C=Cc2ccccc2)C(=O)O)CC1(C)C. The van der Waals surface area contributed by atoms with Crippen molar-refractivity contribution in [1.82, 2.24) is 4.90 Å². The zero-order valence-corrected chi connectivity index (χ0v) is 14.9. The van der Waals surface area contributed by atoms with Gasteiger partial charge in [0.2, 0.25) is 0 Å². The molecular formula is C20H29NO2. The lowest BCUT2D eigenvalue weighted by Gasteiger charge is -2.54. The largest absolute Gasteiger partial charge is 0.481 e. The highest BCUT2D eigenvalue weighted by molar-refractivity contribution is 5.74. The number of hydrogen-bond acceptors (Lipinski definition) is 2. The Hall–Kier alpha value is -1.61. The molecule has 3 nitrogen and oxygen atoms in total. The van der Waals surface area contributed by atoms with Crippen molar-refractivity contribution in [3.05, 3.63) is 42.0 Å². The first-order valence-corrected chi connectivity index (χ1v) is 8.33. The molecule has 0 spiro atoms. The maximum Gasteiger partial charge on any atom is 0.310 e. The van der Waals surface area contributed by atoms with Crippen LogP contribution in [0, 0.1) is 11.8 Å². The first kappa shape index (κ1) is 17.7. The van der Waals surface area contributed by atoms with Crippen molar-refractivity contribution >= 4 is 12.0 Å². The molecule has 1 aliphatic rings. The van der Waals surface area contributed by atoms with Gasteiger partial charge in [0.25, 0.3) is 0 Å². The van der Waals surface area contributed by atoms with E-state index in [0.717, 1.165) is 18.4 Å². The first-order valence-electron chi connectivity index (χ1n) is 8.33. The summed E-state index contributed by atoms with van der Waals surface area (Å²) in [6, 6.07) is 9.90. The Morgan fingerprint density at radius 1 is 1.17 bits per heavy atom. The van der Waals surface area contributed by atoms with Crippen molar-refractivity contribution in [2.45, 2.75) is 51.6 Å². The molecule has 23 heavy (non-hydrogen) atoms. The average molecular weight is 315 g/mol. The highest BCUT2D eigenvalue weighted by atomic mass is 16.4. The van der Waals surface area contributed by atoms with E-state index in [2.05, 4.69) is 39.6 Å². The van der Waals surface area contributed by atoms with Crippen molar-refractivity contribution in [3.63, 3.8) is 0 Å². The van der Waals surface area contributed by atoms with Gasteiger partial charge in [-0.25, -0.2) is 0 Å². The topological polar surface area (TPSA) is 40.5 Å². The molecule has 3 heteroatoms. The van der Waals surface area contributed by atoms with Crippen molar-refractivity contribution in [2.75, 3.05) is 7.05 Å². The Morgan fingerprint density at radius 2 is 1.70 bits per heavy atom. The molecule has 0 amide bonds. The summed E-state index contributed by atoms with van der Waals surface area (Å²) in [5, 5.41) is 9.74. The van der Waals surface area contributed by atoms with Crippen LogP contribution in [0.3, 0.4) is 0 Å². The Bertz CT molecular complexity index is 557. The highest BCUT2D eigenvalue weighted by Crippen LogP contribution is 2.43. The van der Waals surface area contributed by atoms with E-state index < -0.39 is 11.9 Å². The van der Waals surface area contributed by atoms with Crippen LogP contribution in [0.2, 0.25) is 0 Å². The number of carbonyl (C=O) groups is 1. The van der Waals surface area contributed by atoms with E-state index in [-0.39, 0.29) is 17.0 Å². The standard InChI is InChI=1S/C20H29NO2/c1-19(2)13-16(14-20(3,4)21(19)5)17(18(22)23)12-11-15-9-7-6-8-10-15/h6-12,16-17H,13-14H2,1-5H3,(H,22,23). The second-order valence-corrected chi connectivity index (χ2v) is 7.99. The van der Waals surface area contributed by atoms with Crippen LogP contribution in [0.5, 0.6) is 0 Å². The summed E-state index contributed by atoms with van der Waals surface area (Å²) < 4.78 is 0. The van der Waals surface area contributed by atoms with E-state index in [9.17, 15) is 9.90 Å². The lowest BCUT2D eigenvalue weighted by atomic mass is 9.69. The third-order valence-electron chi connectivity index (χ3n) is 5.43. The number of rotatable bonds is 4. The molecule has 0 aliphatic carbocycles. The number of carboxylic acids is 1. The molecule has 0 saturated carbocycles. The van der Waals surface area contributed by atoms with Crippen LogP contribution in [0.15, 0.2) is 36.4 Å². The van der Waals surface area contributed by atoms with Gasteiger partial charge in [0.05, 0.1) is 5.92 Å². The lowest BCUT2D eigenvalue weighted by molar-refractivity contribution is -0.144. The maximum absolute atomic E-state index is 11.9. The summed E-state index contributed by atoms with van der Waals surface area (Å²) in [5.41, 5.74) is 1.05. The zero-order valence-electron chi connectivity index (χ0n) is 14.9. The fourth-order valence-corrected chi connectivity index (χ4v) is 3.92. The summed E-state index contributed by atoms with van der Waals surface area (Å²) >= 11 is 0. The molecule has 2 rings (SSSR count). The zero-order chi connectivity index (χ0) is 17.3. The van der Waals surface area contributed by atoms with Gasteiger partial charge < -0.3 is 5.11 Å². The second kappa shape index (κ2) is 6.48. The van der Waals surface area contributed by atoms with Crippen LogP contribution in [0.25, 0.3) is 6.08 Å². The summed E-state index contributed by atoms with van der Waals surface area (Å²) in [6.45, 7) is 8.84. The van der Waals surface area contributed by atoms with Crippen LogP contribution >= 0.6 is 0 Å². The molecule has 126 valence electrons. The smallest absolute Gasteiger partial charge is 0.310 e. The predicted molar refractivity (Wildman–Crippen MR) is 95.2 cm³/mol. The van der Waals surface area contributed by atoms with E-state index >= 15 is 0 Å². The van der Waals surface area contributed by atoms with Gasteiger partial charge in [-0.1, -0.05) is 42.5 Å². The van der Waals surface area contributed by atoms with Gasteiger partial charge in [-0.15, -0.1) is 0 Å². The van der Waals surface area contributed by atoms with Gasteiger partial charge in [0.15, 0.2) is 0 Å². The summed E-state index contributed by atoms with van der Waals surface area (Å²) in [5.74, 6) is -1.02. The predicted octanol–water partition coefficient (Wildman–Crippen LogP) is 4.30. The third kappa shape index (κ3) is 4.03. The van der Waals surface area contributed by atoms with Gasteiger partial charge >= 0.3 is 5.97 Å². The number of hydrogen-bond donors (Lipinski definition) is 1. The van der Waals surface area contributed by atoms with Crippen LogP contribution in [0.1, 0.15) is 46.1 Å². The third-order valence-corrected chi connectivity index (χ3v) is 5.43.